The van der Waals surface area contributed by atoms with Crippen molar-refractivity contribution < 1.29 is 0 Å². The van der Waals surface area contributed by atoms with Crippen molar-refractivity contribution in [1.29, 1.82) is 0 Å². The van der Waals surface area contributed by atoms with Crippen LogP contribution in [-0.2, 0) is 16.2 Å². The fourth-order valence-electron chi connectivity index (χ4n) is 8.84. The highest BCUT2D eigenvalue weighted by Gasteiger charge is 2.45. The van der Waals surface area contributed by atoms with Gasteiger partial charge < -0.3 is 17.2 Å². The Labute approximate surface area is 340 Å². The van der Waals surface area contributed by atoms with E-state index in [1.54, 1.807) is 0 Å². The first-order valence-electron chi connectivity index (χ1n) is 19.7. The zero-order valence-electron chi connectivity index (χ0n) is 32.2. The number of benzene rings is 3. The third-order valence-corrected chi connectivity index (χ3v) is 13.1. The summed E-state index contributed by atoms with van der Waals surface area (Å²) >= 11 is 17.9. The standard InChI is InChI=1S/3C15H22ClN.2CH4/c3*1-11(2)10-14(17)15(8-3-9-15)12-4-6-13(16)7-5-12;;/h3*4-7,11,14H,3,8-10,17H2,1-2H3;2*1H4/t2*14-;;;/m11.../s1. The summed E-state index contributed by atoms with van der Waals surface area (Å²) in [5.41, 5.74) is 24.1. The molecule has 0 spiro atoms. The molecule has 3 atom stereocenters. The maximum Gasteiger partial charge on any atom is 0.0406 e. The van der Waals surface area contributed by atoms with Crippen molar-refractivity contribution in [2.75, 3.05) is 0 Å². The van der Waals surface area contributed by atoms with Crippen molar-refractivity contribution >= 4 is 34.8 Å². The molecule has 3 aliphatic rings. The monoisotopic (exact) mass is 785 g/mol. The van der Waals surface area contributed by atoms with Crippen LogP contribution in [0.4, 0.5) is 0 Å². The highest BCUT2D eigenvalue weighted by molar-refractivity contribution is 6.31. The SMILES string of the molecule is C.C.CC(C)CC(N)C1(c2ccc(Cl)cc2)CCC1.CC(C)C[C@@H](N)C1(c2ccc(Cl)cc2)CCC1.CC(C)C[C@@H](N)C1(c2ccc(Cl)cc2)CCC1. The van der Waals surface area contributed by atoms with E-state index in [4.69, 9.17) is 52.0 Å². The maximum atomic E-state index is 6.45. The van der Waals surface area contributed by atoms with Gasteiger partial charge in [0.2, 0.25) is 0 Å². The normalized spacial score (nSPS) is 19.3. The lowest BCUT2D eigenvalue weighted by atomic mass is 9.59. The predicted molar refractivity (Wildman–Crippen MR) is 237 cm³/mol. The summed E-state index contributed by atoms with van der Waals surface area (Å²) in [6, 6.07) is 25.7. The Kier molecular flexibility index (Phi) is 18.9. The summed E-state index contributed by atoms with van der Waals surface area (Å²) in [4.78, 5) is 0. The lowest BCUT2D eigenvalue weighted by molar-refractivity contribution is 0.178. The van der Waals surface area contributed by atoms with Crippen molar-refractivity contribution in [2.45, 2.75) is 168 Å². The van der Waals surface area contributed by atoms with Gasteiger partial charge in [0, 0.05) is 49.4 Å². The van der Waals surface area contributed by atoms with E-state index >= 15 is 0 Å². The first kappa shape index (κ1) is 47.6. The average Bonchev–Trinajstić information content (AvgIpc) is 2.98. The van der Waals surface area contributed by atoms with Crippen LogP contribution in [0.1, 0.15) is 150 Å². The van der Waals surface area contributed by atoms with Crippen molar-refractivity contribution in [1.82, 2.24) is 0 Å². The van der Waals surface area contributed by atoms with Crippen molar-refractivity contribution in [2.24, 2.45) is 35.0 Å². The second-order valence-electron chi connectivity index (χ2n) is 17.3. The minimum atomic E-state index is 0. The van der Waals surface area contributed by atoms with Crippen molar-refractivity contribution in [3.63, 3.8) is 0 Å². The van der Waals surface area contributed by atoms with E-state index in [9.17, 15) is 0 Å². The Morgan fingerprint density at radius 2 is 0.604 bits per heavy atom. The molecule has 3 fully saturated rings. The minimum absolute atomic E-state index is 0. The molecule has 1 unspecified atom stereocenters. The van der Waals surface area contributed by atoms with Gasteiger partial charge in [0.15, 0.2) is 0 Å². The topological polar surface area (TPSA) is 78.1 Å². The first-order chi connectivity index (χ1) is 24.1. The molecule has 3 aromatic carbocycles. The largest absolute Gasteiger partial charge is 0.327 e. The molecular weight excluding hydrogens is 713 g/mol. The molecule has 0 aliphatic heterocycles. The van der Waals surface area contributed by atoms with Crippen LogP contribution < -0.4 is 17.2 Å². The number of nitrogens with two attached hydrogens (primary N) is 3. The summed E-state index contributed by atoms with van der Waals surface area (Å²) in [6.45, 7) is 13.5. The van der Waals surface area contributed by atoms with Crippen molar-refractivity contribution in [3.05, 3.63) is 105 Å². The molecule has 6 N–H and O–H groups in total. The van der Waals surface area contributed by atoms with E-state index in [-0.39, 0.29) is 49.2 Å². The second kappa shape index (κ2) is 21.1. The Morgan fingerprint density at radius 1 is 0.415 bits per heavy atom. The molecular formula is C47H74Cl3N3. The van der Waals surface area contributed by atoms with Crippen LogP contribution in [0.3, 0.4) is 0 Å². The molecule has 53 heavy (non-hydrogen) atoms. The van der Waals surface area contributed by atoms with Gasteiger partial charge in [-0.25, -0.2) is 0 Å². The van der Waals surface area contributed by atoms with Gasteiger partial charge in [-0.05, 0) is 129 Å². The Balaban J connectivity index is 0.000000270. The van der Waals surface area contributed by atoms with E-state index in [0.717, 1.165) is 34.3 Å². The second-order valence-corrected chi connectivity index (χ2v) is 18.6. The van der Waals surface area contributed by atoms with Gasteiger partial charge in [-0.1, -0.05) is 147 Å². The van der Waals surface area contributed by atoms with E-state index in [2.05, 4.69) is 77.9 Å². The average molecular weight is 787 g/mol. The van der Waals surface area contributed by atoms with E-state index in [1.807, 2.05) is 36.4 Å². The zero-order valence-corrected chi connectivity index (χ0v) is 34.5. The van der Waals surface area contributed by atoms with Gasteiger partial charge >= 0.3 is 0 Å². The molecule has 3 saturated carbocycles. The molecule has 0 aromatic heterocycles. The molecule has 0 radical (unpaired) electrons. The molecule has 298 valence electrons. The number of halogens is 3. The molecule has 3 aliphatic carbocycles. The van der Waals surface area contributed by atoms with E-state index < -0.39 is 0 Å². The molecule has 6 rings (SSSR count). The van der Waals surface area contributed by atoms with Gasteiger partial charge in [-0.15, -0.1) is 0 Å². The summed E-state index contributed by atoms with van der Waals surface area (Å²) in [6.07, 6.45) is 14.5. The molecule has 0 saturated heterocycles. The maximum absolute atomic E-state index is 6.45. The van der Waals surface area contributed by atoms with Crippen LogP contribution in [-0.4, -0.2) is 18.1 Å². The van der Waals surface area contributed by atoms with Crippen LogP contribution >= 0.6 is 34.8 Å². The van der Waals surface area contributed by atoms with Crippen LogP contribution in [0.25, 0.3) is 0 Å². The summed E-state index contributed by atoms with van der Waals surface area (Å²) < 4.78 is 0. The van der Waals surface area contributed by atoms with Gasteiger partial charge in [-0.3, -0.25) is 0 Å². The summed E-state index contributed by atoms with van der Waals surface area (Å²) in [5, 5.41) is 2.42. The Hall–Kier alpha value is -1.59. The lowest BCUT2D eigenvalue weighted by Crippen LogP contribution is -2.50. The Morgan fingerprint density at radius 3 is 0.736 bits per heavy atom. The molecule has 6 heteroatoms. The van der Waals surface area contributed by atoms with E-state index in [0.29, 0.717) is 17.8 Å². The van der Waals surface area contributed by atoms with Gasteiger partial charge in [0.25, 0.3) is 0 Å². The quantitative estimate of drug-likeness (QED) is 0.171. The van der Waals surface area contributed by atoms with Crippen LogP contribution in [0, 0.1) is 17.8 Å². The molecule has 0 bridgehead atoms. The highest BCUT2D eigenvalue weighted by atomic mass is 35.5. The number of rotatable bonds is 12. The van der Waals surface area contributed by atoms with Crippen LogP contribution in [0.5, 0.6) is 0 Å². The molecule has 3 aromatic rings. The summed E-state index contributed by atoms with van der Waals surface area (Å²) in [7, 11) is 0. The number of hydrogen-bond donors (Lipinski definition) is 3. The van der Waals surface area contributed by atoms with E-state index in [1.165, 1.54) is 74.5 Å². The third-order valence-electron chi connectivity index (χ3n) is 12.3. The van der Waals surface area contributed by atoms with Gasteiger partial charge in [0.1, 0.15) is 0 Å². The fourth-order valence-corrected chi connectivity index (χ4v) is 9.22. The zero-order chi connectivity index (χ0) is 37.4. The minimum Gasteiger partial charge on any atom is -0.327 e. The van der Waals surface area contributed by atoms with Gasteiger partial charge in [0.05, 0.1) is 0 Å². The van der Waals surface area contributed by atoms with Crippen molar-refractivity contribution in [3.8, 4) is 0 Å². The molecule has 3 nitrogen and oxygen atoms in total. The van der Waals surface area contributed by atoms with Crippen LogP contribution in [0.15, 0.2) is 72.8 Å². The molecule has 0 heterocycles. The lowest BCUT2D eigenvalue weighted by Gasteiger charge is -2.47. The molecule has 0 amide bonds. The Bertz CT molecular complexity index is 1270. The predicted octanol–water partition coefficient (Wildman–Crippen LogP) is 13.7. The number of hydrogen-bond acceptors (Lipinski definition) is 3. The smallest absolute Gasteiger partial charge is 0.0406 e. The summed E-state index contributed by atoms with van der Waals surface area (Å²) in [5.74, 6) is 1.99. The highest BCUT2D eigenvalue weighted by Crippen LogP contribution is 2.49. The first-order valence-corrected chi connectivity index (χ1v) is 20.8. The van der Waals surface area contributed by atoms with Crippen LogP contribution in [0.2, 0.25) is 15.1 Å². The fraction of sp³-hybridized carbons (Fsp3) is 0.617. The third kappa shape index (κ3) is 11.7. The van der Waals surface area contributed by atoms with Gasteiger partial charge in [-0.2, -0.15) is 0 Å².